The van der Waals surface area contributed by atoms with E-state index >= 15 is 0 Å². The minimum absolute atomic E-state index is 0.0445. The lowest BCUT2D eigenvalue weighted by molar-refractivity contribution is -0.123. The summed E-state index contributed by atoms with van der Waals surface area (Å²) in [5, 5.41) is 3.02. The van der Waals surface area contributed by atoms with Gasteiger partial charge in [-0.15, -0.1) is 0 Å². The van der Waals surface area contributed by atoms with E-state index < -0.39 is 0 Å². The van der Waals surface area contributed by atoms with Gasteiger partial charge in [0.15, 0.2) is 6.61 Å². The fraction of sp³-hybridized carbons (Fsp3) is 0.217. The van der Waals surface area contributed by atoms with E-state index in [1.54, 1.807) is 6.20 Å². The number of nitrogens with zero attached hydrogens (tertiary/aromatic N) is 1. The van der Waals surface area contributed by atoms with Crippen molar-refractivity contribution < 1.29 is 9.53 Å². The van der Waals surface area contributed by atoms with Gasteiger partial charge in [-0.05, 0) is 41.3 Å². The summed E-state index contributed by atoms with van der Waals surface area (Å²) in [4.78, 5) is 16.9. The number of pyridine rings is 1. The van der Waals surface area contributed by atoms with E-state index in [0.717, 1.165) is 11.3 Å². The first-order chi connectivity index (χ1) is 13.1. The number of amides is 1. The van der Waals surface area contributed by atoms with Crippen LogP contribution in [0, 0.1) is 0 Å². The van der Waals surface area contributed by atoms with Crippen molar-refractivity contribution in [2.24, 2.45) is 0 Å². The van der Waals surface area contributed by atoms with Crippen molar-refractivity contribution in [1.29, 1.82) is 0 Å². The van der Waals surface area contributed by atoms with Crippen LogP contribution in [0.1, 0.15) is 42.6 Å². The molecule has 3 rings (SSSR count). The lowest BCUT2D eigenvalue weighted by atomic mass is 10.0. The number of rotatable bonds is 7. The monoisotopic (exact) mass is 360 g/mol. The SMILES string of the molecule is CC(C)c1ccc(OCC(=O)NC(c2ccccc2)c2ccccn2)cc1. The fourth-order valence-electron chi connectivity index (χ4n) is 2.82. The molecule has 3 aromatic rings. The maximum atomic E-state index is 12.5. The van der Waals surface area contributed by atoms with Crippen LogP contribution in [0.5, 0.6) is 5.75 Å². The van der Waals surface area contributed by atoms with Crippen LogP contribution >= 0.6 is 0 Å². The molecule has 1 aromatic heterocycles. The quantitative estimate of drug-likeness (QED) is 0.675. The molecule has 1 heterocycles. The van der Waals surface area contributed by atoms with Crippen LogP contribution in [0.2, 0.25) is 0 Å². The highest BCUT2D eigenvalue weighted by atomic mass is 16.5. The maximum absolute atomic E-state index is 12.5. The standard InChI is InChI=1S/C23H24N2O2/c1-17(2)18-11-13-20(14-12-18)27-16-22(26)25-23(19-8-4-3-5-9-19)21-10-6-7-15-24-21/h3-15,17,23H,16H2,1-2H3,(H,25,26). The van der Waals surface area contributed by atoms with Gasteiger partial charge in [0.05, 0.1) is 11.7 Å². The van der Waals surface area contributed by atoms with Crippen LogP contribution < -0.4 is 10.1 Å². The molecule has 1 amide bonds. The molecule has 1 N–H and O–H groups in total. The molecule has 0 fully saturated rings. The minimum atomic E-state index is -0.313. The molecule has 4 heteroatoms. The number of carbonyl (C=O) groups is 1. The van der Waals surface area contributed by atoms with Crippen LogP contribution in [0.25, 0.3) is 0 Å². The van der Waals surface area contributed by atoms with E-state index in [1.807, 2.05) is 72.8 Å². The van der Waals surface area contributed by atoms with Gasteiger partial charge in [-0.1, -0.05) is 62.4 Å². The molecule has 138 valence electrons. The Kier molecular flexibility index (Phi) is 6.21. The highest BCUT2D eigenvalue weighted by Gasteiger charge is 2.18. The zero-order valence-corrected chi connectivity index (χ0v) is 15.6. The predicted octanol–water partition coefficient (Wildman–Crippen LogP) is 4.49. The second kappa shape index (κ2) is 8.99. The molecule has 27 heavy (non-hydrogen) atoms. The third-order valence-electron chi connectivity index (χ3n) is 4.34. The topological polar surface area (TPSA) is 51.2 Å². The summed E-state index contributed by atoms with van der Waals surface area (Å²) in [6.07, 6.45) is 1.73. The fourth-order valence-corrected chi connectivity index (χ4v) is 2.82. The molecule has 0 aliphatic heterocycles. The van der Waals surface area contributed by atoms with Crippen LogP contribution in [0.4, 0.5) is 0 Å². The van der Waals surface area contributed by atoms with Gasteiger partial charge < -0.3 is 10.1 Å². The first-order valence-corrected chi connectivity index (χ1v) is 9.11. The lowest BCUT2D eigenvalue weighted by Crippen LogP contribution is -2.33. The lowest BCUT2D eigenvalue weighted by Gasteiger charge is -2.19. The van der Waals surface area contributed by atoms with Crippen LogP contribution in [0.15, 0.2) is 79.0 Å². The number of ether oxygens (including phenoxy) is 1. The highest BCUT2D eigenvalue weighted by Crippen LogP contribution is 2.21. The van der Waals surface area contributed by atoms with Gasteiger partial charge in [-0.2, -0.15) is 0 Å². The normalized spacial score (nSPS) is 11.8. The van der Waals surface area contributed by atoms with Gasteiger partial charge in [0.25, 0.3) is 5.91 Å². The Hall–Kier alpha value is -3.14. The second-order valence-electron chi connectivity index (χ2n) is 6.68. The second-order valence-corrected chi connectivity index (χ2v) is 6.68. The minimum Gasteiger partial charge on any atom is -0.484 e. The van der Waals surface area contributed by atoms with Gasteiger partial charge >= 0.3 is 0 Å². The smallest absolute Gasteiger partial charge is 0.258 e. The maximum Gasteiger partial charge on any atom is 0.258 e. The average Bonchev–Trinajstić information content (AvgIpc) is 2.72. The number of hydrogen-bond donors (Lipinski definition) is 1. The Balaban J connectivity index is 1.66. The van der Waals surface area contributed by atoms with Crippen molar-refractivity contribution >= 4 is 5.91 Å². The van der Waals surface area contributed by atoms with E-state index in [1.165, 1.54) is 5.56 Å². The molecule has 2 aromatic carbocycles. The van der Waals surface area contributed by atoms with E-state index in [0.29, 0.717) is 11.7 Å². The number of hydrogen-bond acceptors (Lipinski definition) is 3. The zero-order chi connectivity index (χ0) is 19.1. The molecule has 0 aliphatic rings. The summed E-state index contributed by atoms with van der Waals surface area (Å²) in [6.45, 7) is 4.24. The largest absolute Gasteiger partial charge is 0.484 e. The van der Waals surface area contributed by atoms with Crippen molar-refractivity contribution in [3.05, 3.63) is 95.8 Å². The number of carbonyl (C=O) groups excluding carboxylic acids is 1. The van der Waals surface area contributed by atoms with Gasteiger partial charge in [0.1, 0.15) is 5.75 Å². The molecule has 0 saturated carbocycles. The molecule has 4 nitrogen and oxygen atoms in total. The van der Waals surface area contributed by atoms with E-state index in [-0.39, 0.29) is 18.6 Å². The summed E-state index contributed by atoms with van der Waals surface area (Å²) < 4.78 is 5.64. The van der Waals surface area contributed by atoms with Crippen LogP contribution in [0.3, 0.4) is 0 Å². The van der Waals surface area contributed by atoms with E-state index in [9.17, 15) is 4.79 Å². The molecule has 0 bridgehead atoms. The highest BCUT2D eigenvalue weighted by molar-refractivity contribution is 5.78. The molecule has 0 saturated heterocycles. The Morgan fingerprint density at radius 1 is 0.926 bits per heavy atom. The van der Waals surface area contributed by atoms with Crippen molar-refractivity contribution in [3.63, 3.8) is 0 Å². The molecule has 0 spiro atoms. The van der Waals surface area contributed by atoms with Gasteiger partial charge in [0.2, 0.25) is 0 Å². The third-order valence-corrected chi connectivity index (χ3v) is 4.34. The molecule has 0 aliphatic carbocycles. The van der Waals surface area contributed by atoms with Crippen molar-refractivity contribution in [3.8, 4) is 5.75 Å². The Bertz CT molecular complexity index is 807. The summed E-state index contributed by atoms with van der Waals surface area (Å²) in [6, 6.07) is 23.0. The van der Waals surface area contributed by atoms with E-state index in [2.05, 4.69) is 24.1 Å². The van der Waals surface area contributed by atoms with Crippen molar-refractivity contribution in [2.75, 3.05) is 6.61 Å². The summed E-state index contributed by atoms with van der Waals surface area (Å²) in [5.74, 6) is 0.957. The van der Waals surface area contributed by atoms with Gasteiger partial charge in [0, 0.05) is 6.20 Å². The first-order valence-electron chi connectivity index (χ1n) is 9.11. The summed E-state index contributed by atoms with van der Waals surface area (Å²) in [7, 11) is 0. The first kappa shape index (κ1) is 18.6. The summed E-state index contributed by atoms with van der Waals surface area (Å²) in [5.41, 5.74) is 3.01. The molecule has 0 radical (unpaired) electrons. The number of aromatic nitrogens is 1. The van der Waals surface area contributed by atoms with Crippen LogP contribution in [-0.4, -0.2) is 17.5 Å². The Morgan fingerprint density at radius 2 is 1.63 bits per heavy atom. The van der Waals surface area contributed by atoms with Crippen molar-refractivity contribution in [1.82, 2.24) is 10.3 Å². The zero-order valence-electron chi connectivity index (χ0n) is 15.6. The summed E-state index contributed by atoms with van der Waals surface area (Å²) >= 11 is 0. The number of nitrogens with one attached hydrogen (secondary N) is 1. The Morgan fingerprint density at radius 3 is 2.26 bits per heavy atom. The Labute approximate surface area is 160 Å². The van der Waals surface area contributed by atoms with Gasteiger partial charge in [-0.25, -0.2) is 0 Å². The molecular weight excluding hydrogens is 336 g/mol. The molecule has 1 atom stereocenters. The number of benzene rings is 2. The predicted molar refractivity (Wildman–Crippen MR) is 107 cm³/mol. The van der Waals surface area contributed by atoms with Crippen molar-refractivity contribution in [2.45, 2.75) is 25.8 Å². The molecular formula is C23H24N2O2. The van der Waals surface area contributed by atoms with Crippen LogP contribution in [-0.2, 0) is 4.79 Å². The third kappa shape index (κ3) is 5.17. The van der Waals surface area contributed by atoms with E-state index in [4.69, 9.17) is 4.74 Å². The molecule has 1 unspecified atom stereocenters. The average molecular weight is 360 g/mol. The van der Waals surface area contributed by atoms with Gasteiger partial charge in [-0.3, -0.25) is 9.78 Å².